The van der Waals surface area contributed by atoms with Crippen LogP contribution in [-0.2, 0) is 12.4 Å². The molecule has 1 fully saturated rings. The zero-order valence-electron chi connectivity index (χ0n) is 23.3. The van der Waals surface area contributed by atoms with E-state index in [0.717, 1.165) is 44.0 Å². The molecule has 1 saturated carbocycles. The summed E-state index contributed by atoms with van der Waals surface area (Å²) in [6.45, 7) is 3.36. The zero-order valence-corrected chi connectivity index (χ0v) is 24.8. The average Bonchev–Trinajstić information content (AvgIpc) is 3.54. The Morgan fingerprint density at radius 2 is 1.32 bits per heavy atom. The van der Waals surface area contributed by atoms with E-state index in [1.54, 1.807) is 20.0 Å². The van der Waals surface area contributed by atoms with Crippen molar-refractivity contribution in [2.45, 2.75) is 64.4 Å². The van der Waals surface area contributed by atoms with Gasteiger partial charge in [-0.25, -0.2) is 19.3 Å². The molecule has 236 valence electrons. The van der Waals surface area contributed by atoms with Gasteiger partial charge in [0.2, 0.25) is 0 Å². The van der Waals surface area contributed by atoms with E-state index in [-0.39, 0.29) is 27.6 Å². The topological polar surface area (TPSA) is 98.7 Å². The number of rotatable bonds is 5. The highest BCUT2D eigenvalue weighted by Gasteiger charge is 2.33. The van der Waals surface area contributed by atoms with Gasteiger partial charge in [0.05, 0.1) is 44.2 Å². The van der Waals surface area contributed by atoms with Crippen LogP contribution in [0.25, 0.3) is 11.6 Å². The molecule has 0 aliphatic heterocycles. The first kappa shape index (κ1) is 33.4. The third-order valence-electron chi connectivity index (χ3n) is 7.15. The highest BCUT2D eigenvalue weighted by molar-refractivity contribution is 6.32. The summed E-state index contributed by atoms with van der Waals surface area (Å²) < 4.78 is 78.1. The lowest BCUT2D eigenvalue weighted by molar-refractivity contribution is -0.138. The second kappa shape index (κ2) is 13.2. The van der Waals surface area contributed by atoms with Crippen molar-refractivity contribution in [3.8, 4) is 11.6 Å². The van der Waals surface area contributed by atoms with Gasteiger partial charge in [0.25, 0.3) is 0 Å². The minimum Gasteiger partial charge on any atom is -0.388 e. The molecule has 0 bridgehead atoms. The van der Waals surface area contributed by atoms with Crippen molar-refractivity contribution in [1.82, 2.24) is 29.5 Å². The minimum atomic E-state index is -4.51. The minimum absolute atomic E-state index is 0.0332. The Balaban J connectivity index is 0.000000209. The van der Waals surface area contributed by atoms with E-state index in [2.05, 4.69) is 20.2 Å². The summed E-state index contributed by atoms with van der Waals surface area (Å²) in [5.41, 5.74) is 0.194. The fourth-order valence-corrected chi connectivity index (χ4v) is 5.29. The first-order chi connectivity index (χ1) is 20.6. The predicted molar refractivity (Wildman–Crippen MR) is 149 cm³/mol. The predicted octanol–water partition coefficient (Wildman–Crippen LogP) is 7.92. The quantitative estimate of drug-likeness (QED) is 0.172. The maximum atomic E-state index is 12.7. The molecule has 1 atom stereocenters. The van der Waals surface area contributed by atoms with Crippen LogP contribution in [0, 0.1) is 19.8 Å². The van der Waals surface area contributed by atoms with Crippen LogP contribution >= 0.6 is 23.2 Å². The van der Waals surface area contributed by atoms with Crippen molar-refractivity contribution >= 4 is 29.5 Å². The van der Waals surface area contributed by atoms with E-state index in [0.29, 0.717) is 35.0 Å². The summed E-state index contributed by atoms with van der Waals surface area (Å²) in [4.78, 5) is 18.1. The monoisotopic (exact) mass is 662 g/mol. The summed E-state index contributed by atoms with van der Waals surface area (Å²) in [5.74, 6) is 0.326. The molecule has 4 aromatic heterocycles. The molecule has 0 radical (unpaired) electrons. The molecule has 0 spiro atoms. The second-order valence-corrected chi connectivity index (χ2v) is 11.1. The number of aromatic nitrogens is 6. The highest BCUT2D eigenvalue weighted by Crippen LogP contribution is 2.37. The van der Waals surface area contributed by atoms with Gasteiger partial charge in [-0.3, -0.25) is 4.79 Å². The molecule has 4 aromatic rings. The number of carbonyl (C=O) groups excluding carboxylic acids is 1. The maximum Gasteiger partial charge on any atom is 0.417 e. The molecule has 0 amide bonds. The van der Waals surface area contributed by atoms with Crippen LogP contribution in [0.5, 0.6) is 0 Å². The van der Waals surface area contributed by atoms with Gasteiger partial charge in [-0.1, -0.05) is 42.5 Å². The van der Waals surface area contributed by atoms with Gasteiger partial charge in [0, 0.05) is 30.4 Å². The van der Waals surface area contributed by atoms with Gasteiger partial charge in [-0.2, -0.15) is 36.5 Å². The Hall–Kier alpha value is -3.49. The molecular weight excluding hydrogens is 637 g/mol. The van der Waals surface area contributed by atoms with Gasteiger partial charge in [0.15, 0.2) is 17.9 Å². The van der Waals surface area contributed by atoms with E-state index in [1.165, 1.54) is 22.0 Å². The number of aliphatic hydroxyl groups excluding tert-OH is 1. The number of nitrogens with zero attached hydrogens (tertiary/aromatic N) is 6. The largest absolute Gasteiger partial charge is 0.417 e. The van der Waals surface area contributed by atoms with Gasteiger partial charge < -0.3 is 5.11 Å². The number of aldehydes is 1. The molecule has 0 saturated heterocycles. The normalized spacial score (nSPS) is 15.1. The Morgan fingerprint density at radius 1 is 0.841 bits per heavy atom. The Labute approximate surface area is 257 Å². The number of hydrogen-bond acceptors (Lipinski definition) is 6. The van der Waals surface area contributed by atoms with Crippen LogP contribution in [0.4, 0.5) is 26.3 Å². The molecule has 5 rings (SSSR count). The van der Waals surface area contributed by atoms with Crippen molar-refractivity contribution in [3.63, 3.8) is 0 Å². The fourth-order valence-electron chi connectivity index (χ4n) is 4.78. The fraction of sp³-hybridized carbons (Fsp3) is 0.393. The van der Waals surface area contributed by atoms with Gasteiger partial charge in [-0.15, -0.1) is 0 Å². The number of carbonyl (C=O) groups is 1. The number of halogens is 8. The summed E-state index contributed by atoms with van der Waals surface area (Å²) in [7, 11) is 0. The number of pyridine rings is 2. The van der Waals surface area contributed by atoms with Crippen molar-refractivity contribution in [3.05, 3.63) is 80.6 Å². The van der Waals surface area contributed by atoms with Crippen molar-refractivity contribution in [1.29, 1.82) is 0 Å². The lowest BCUT2D eigenvalue weighted by Crippen LogP contribution is -2.16. The first-order valence-electron chi connectivity index (χ1n) is 13.3. The molecule has 16 heteroatoms. The van der Waals surface area contributed by atoms with E-state index in [1.807, 2.05) is 0 Å². The molecule has 1 unspecified atom stereocenters. The van der Waals surface area contributed by atoms with Crippen molar-refractivity contribution < 1.29 is 36.2 Å². The standard InChI is InChI=1S/C17H19ClF3N3O.C11H7ClF3N3O/c1-10-13(15(25)11-5-3-2-4-6-11)9-24(23-10)16-14(18)7-12(8-22-16)17(19,20)21;1-6-7(5-19)4-18(17-6)10-9(12)2-8(3-16-10)11(13,14)15/h7-9,11,15,25H,2-6H2,1H3;2-5H,1H3. The Bertz CT molecular complexity index is 1630. The first-order valence-corrected chi connectivity index (χ1v) is 14.1. The van der Waals surface area contributed by atoms with Crippen molar-refractivity contribution in [2.75, 3.05) is 0 Å². The summed E-state index contributed by atoms with van der Waals surface area (Å²) in [5, 5.41) is 18.5. The van der Waals surface area contributed by atoms with Crippen LogP contribution < -0.4 is 0 Å². The van der Waals surface area contributed by atoms with Crippen LogP contribution in [0.15, 0.2) is 36.9 Å². The number of aryl methyl sites for hydroxylation is 2. The molecule has 1 aliphatic rings. The number of aliphatic hydroxyl groups is 1. The Morgan fingerprint density at radius 3 is 1.75 bits per heavy atom. The molecule has 0 aromatic carbocycles. The lowest BCUT2D eigenvalue weighted by atomic mass is 9.83. The van der Waals surface area contributed by atoms with E-state index >= 15 is 0 Å². The highest BCUT2D eigenvalue weighted by atomic mass is 35.5. The molecule has 1 aliphatic carbocycles. The third-order valence-corrected chi connectivity index (χ3v) is 7.70. The number of hydrogen-bond donors (Lipinski definition) is 1. The lowest BCUT2D eigenvalue weighted by Gasteiger charge is -2.26. The maximum absolute atomic E-state index is 12.7. The van der Waals surface area contributed by atoms with Crippen LogP contribution in [-0.4, -0.2) is 40.9 Å². The van der Waals surface area contributed by atoms with E-state index < -0.39 is 29.6 Å². The third kappa shape index (κ3) is 7.59. The molecule has 8 nitrogen and oxygen atoms in total. The van der Waals surface area contributed by atoms with E-state index in [4.69, 9.17) is 23.2 Å². The number of alkyl halides is 6. The second-order valence-electron chi connectivity index (χ2n) is 10.2. The van der Waals surface area contributed by atoms with Gasteiger partial charge >= 0.3 is 12.4 Å². The zero-order chi connectivity index (χ0) is 32.4. The van der Waals surface area contributed by atoms with Gasteiger partial charge in [-0.05, 0) is 44.7 Å². The van der Waals surface area contributed by atoms with Crippen LogP contribution in [0.2, 0.25) is 10.0 Å². The summed E-state index contributed by atoms with van der Waals surface area (Å²) in [6.07, 6.45) is 0.610. The molecule has 4 heterocycles. The summed E-state index contributed by atoms with van der Waals surface area (Å²) >= 11 is 11.7. The van der Waals surface area contributed by atoms with Crippen molar-refractivity contribution in [2.24, 2.45) is 5.92 Å². The van der Waals surface area contributed by atoms with Crippen LogP contribution in [0.1, 0.15) is 76.6 Å². The molecule has 44 heavy (non-hydrogen) atoms. The van der Waals surface area contributed by atoms with Crippen LogP contribution in [0.3, 0.4) is 0 Å². The molecular formula is C28H26Cl2F6N6O2. The SMILES string of the molecule is Cc1nn(-c2ncc(C(F)(F)F)cc2Cl)cc1C(O)C1CCCCC1.Cc1nn(-c2ncc(C(F)(F)F)cc2Cl)cc1C=O. The van der Waals surface area contributed by atoms with E-state index in [9.17, 15) is 36.2 Å². The summed E-state index contributed by atoms with van der Waals surface area (Å²) in [6, 6.07) is 1.60. The van der Waals surface area contributed by atoms with Gasteiger partial charge in [0.1, 0.15) is 0 Å². The molecule has 1 N–H and O–H groups in total. The average molecular weight is 663 g/mol. The Kier molecular flexibility index (Phi) is 10.1. The smallest absolute Gasteiger partial charge is 0.388 e.